The van der Waals surface area contributed by atoms with Gasteiger partial charge in [0.25, 0.3) is 0 Å². The zero-order valence-corrected chi connectivity index (χ0v) is 14.1. The van der Waals surface area contributed by atoms with Crippen LogP contribution in [0.5, 0.6) is 0 Å². The fourth-order valence-electron chi connectivity index (χ4n) is 3.84. The summed E-state index contributed by atoms with van der Waals surface area (Å²) in [6.45, 7) is 0.240. The molecule has 1 aliphatic heterocycles. The van der Waals surface area contributed by atoms with Crippen molar-refractivity contribution < 1.29 is 15.0 Å². The zero-order valence-electron chi connectivity index (χ0n) is 13.3. The Morgan fingerprint density at radius 1 is 1.25 bits per heavy atom. The topological polar surface area (TPSA) is 75.3 Å². The molecule has 5 nitrogen and oxygen atoms in total. The molecule has 2 aliphatic rings. The van der Waals surface area contributed by atoms with Crippen LogP contribution < -0.4 is 0 Å². The average molecular weight is 344 g/mol. The average Bonchev–Trinajstić information content (AvgIpc) is 3.02. The van der Waals surface area contributed by atoms with E-state index in [9.17, 15) is 15.0 Å². The third-order valence-corrected chi connectivity index (χ3v) is 6.25. The smallest absolute Gasteiger partial charge is 0.356 e. The number of hydrogen-bond acceptors (Lipinski definition) is 4. The van der Waals surface area contributed by atoms with Crippen LogP contribution in [0.4, 0.5) is 0 Å². The van der Waals surface area contributed by atoms with Crippen LogP contribution in [-0.4, -0.2) is 32.6 Å². The number of carbonyl (C=O) groups is 1. The van der Waals surface area contributed by atoms with Gasteiger partial charge in [-0.3, -0.25) is 4.68 Å². The van der Waals surface area contributed by atoms with Gasteiger partial charge in [-0.2, -0.15) is 5.10 Å². The van der Waals surface area contributed by atoms with Gasteiger partial charge in [-0.1, -0.05) is 18.2 Å². The van der Waals surface area contributed by atoms with E-state index in [1.165, 1.54) is 4.90 Å². The van der Waals surface area contributed by atoms with Crippen LogP contribution in [0.15, 0.2) is 29.2 Å². The zero-order chi connectivity index (χ0) is 16.7. The maximum Gasteiger partial charge on any atom is 0.356 e. The van der Waals surface area contributed by atoms with Gasteiger partial charge in [-0.05, 0) is 37.7 Å². The molecule has 2 heterocycles. The van der Waals surface area contributed by atoms with E-state index in [1.54, 1.807) is 11.8 Å². The highest BCUT2D eigenvalue weighted by Crippen LogP contribution is 2.45. The van der Waals surface area contributed by atoms with E-state index in [-0.39, 0.29) is 18.3 Å². The fraction of sp³-hybridized carbons (Fsp3) is 0.444. The Labute approximate surface area is 144 Å². The number of carboxylic acid groups (broad SMARTS) is 1. The highest BCUT2D eigenvalue weighted by atomic mass is 32.2. The Balaban J connectivity index is 1.80. The monoisotopic (exact) mass is 344 g/mol. The van der Waals surface area contributed by atoms with Gasteiger partial charge < -0.3 is 10.2 Å². The number of nitrogens with zero attached hydrogens (tertiary/aromatic N) is 2. The number of hydrogen-bond donors (Lipinski definition) is 2. The lowest BCUT2D eigenvalue weighted by atomic mass is 9.86. The molecule has 6 heteroatoms. The molecule has 0 radical (unpaired) electrons. The van der Waals surface area contributed by atoms with Crippen molar-refractivity contribution in [3.05, 3.63) is 35.5 Å². The minimum atomic E-state index is -0.950. The molecule has 1 aromatic carbocycles. The number of benzene rings is 1. The van der Waals surface area contributed by atoms with Gasteiger partial charge in [0.2, 0.25) is 0 Å². The third kappa shape index (κ3) is 2.54. The molecule has 1 aromatic heterocycles. The second-order valence-corrected chi connectivity index (χ2v) is 7.58. The van der Waals surface area contributed by atoms with Crippen molar-refractivity contribution in [1.82, 2.24) is 9.78 Å². The maximum atomic E-state index is 11.7. The molecule has 0 spiro atoms. The quantitative estimate of drug-likeness (QED) is 0.890. The van der Waals surface area contributed by atoms with Crippen molar-refractivity contribution in [2.45, 2.75) is 42.4 Å². The number of aliphatic hydroxyl groups excluding tert-OH is 1. The van der Waals surface area contributed by atoms with Crippen LogP contribution in [-0.2, 0) is 5.75 Å². The summed E-state index contributed by atoms with van der Waals surface area (Å²) >= 11 is 1.68. The van der Waals surface area contributed by atoms with E-state index in [4.69, 9.17) is 0 Å². The van der Waals surface area contributed by atoms with E-state index in [0.29, 0.717) is 11.7 Å². The second kappa shape index (κ2) is 6.26. The first kappa shape index (κ1) is 15.7. The molecule has 0 amide bonds. The number of thioether (sulfide) groups is 1. The van der Waals surface area contributed by atoms with Gasteiger partial charge >= 0.3 is 5.97 Å². The summed E-state index contributed by atoms with van der Waals surface area (Å²) < 4.78 is 1.96. The predicted molar refractivity (Wildman–Crippen MR) is 92.3 cm³/mol. The first-order chi connectivity index (χ1) is 11.7. The van der Waals surface area contributed by atoms with Crippen molar-refractivity contribution in [3.63, 3.8) is 0 Å². The van der Waals surface area contributed by atoms with Crippen LogP contribution in [0.25, 0.3) is 11.3 Å². The van der Waals surface area contributed by atoms with Crippen molar-refractivity contribution in [1.29, 1.82) is 0 Å². The molecule has 1 aliphatic carbocycles. The van der Waals surface area contributed by atoms with Crippen molar-refractivity contribution in [2.24, 2.45) is 5.92 Å². The van der Waals surface area contributed by atoms with Crippen molar-refractivity contribution in [3.8, 4) is 11.3 Å². The molecule has 0 bridgehead atoms. The molecule has 24 heavy (non-hydrogen) atoms. The van der Waals surface area contributed by atoms with Crippen molar-refractivity contribution >= 4 is 17.7 Å². The van der Waals surface area contributed by atoms with Gasteiger partial charge in [0.05, 0.1) is 11.7 Å². The Kier molecular flexibility index (Phi) is 4.10. The van der Waals surface area contributed by atoms with Gasteiger partial charge in [-0.25, -0.2) is 4.79 Å². The lowest BCUT2D eigenvalue weighted by Crippen LogP contribution is -2.22. The van der Waals surface area contributed by atoms with E-state index in [0.717, 1.165) is 42.5 Å². The van der Waals surface area contributed by atoms with Gasteiger partial charge in [0.15, 0.2) is 5.69 Å². The first-order valence-corrected chi connectivity index (χ1v) is 9.35. The van der Waals surface area contributed by atoms with Crippen LogP contribution in [0.1, 0.15) is 47.8 Å². The Hall–Kier alpha value is -1.79. The van der Waals surface area contributed by atoms with Crippen molar-refractivity contribution in [2.75, 3.05) is 6.61 Å². The SMILES string of the molecule is O=C(O)c1nn(C2CCC(CO)CC2)c2c1CSc1ccccc1-2. The minimum absolute atomic E-state index is 0.191. The summed E-state index contributed by atoms with van der Waals surface area (Å²) in [5.74, 6) is 0.0726. The molecule has 1 saturated carbocycles. The van der Waals surface area contributed by atoms with E-state index < -0.39 is 5.97 Å². The number of aromatic carboxylic acids is 1. The highest BCUT2D eigenvalue weighted by molar-refractivity contribution is 7.98. The number of fused-ring (bicyclic) bond motifs is 3. The van der Waals surface area contributed by atoms with Crippen LogP contribution in [0.2, 0.25) is 0 Å². The van der Waals surface area contributed by atoms with Gasteiger partial charge in [0.1, 0.15) is 0 Å². The summed E-state index contributed by atoms with van der Waals surface area (Å²) in [5.41, 5.74) is 3.11. The van der Waals surface area contributed by atoms with E-state index >= 15 is 0 Å². The standard InChI is InChI=1S/C18H20N2O3S/c21-9-11-5-7-12(8-6-11)20-17-13-3-1-2-4-15(13)24-10-14(17)16(19-20)18(22)23/h1-4,11-12,21H,5-10H2,(H,22,23). The Morgan fingerprint density at radius 2 is 2.00 bits per heavy atom. The summed E-state index contributed by atoms with van der Waals surface area (Å²) in [5, 5.41) is 23.4. The maximum absolute atomic E-state index is 11.7. The molecule has 0 unspecified atom stereocenters. The number of aliphatic hydroxyl groups is 1. The summed E-state index contributed by atoms with van der Waals surface area (Å²) in [4.78, 5) is 12.8. The highest BCUT2D eigenvalue weighted by Gasteiger charge is 2.32. The molecule has 126 valence electrons. The molecule has 0 atom stereocenters. The number of rotatable bonds is 3. The molecular weight excluding hydrogens is 324 g/mol. The van der Waals surface area contributed by atoms with Crippen LogP contribution >= 0.6 is 11.8 Å². The summed E-state index contributed by atoms with van der Waals surface area (Å²) in [6, 6.07) is 8.37. The lowest BCUT2D eigenvalue weighted by molar-refractivity contribution is 0.0687. The van der Waals surface area contributed by atoms with Gasteiger partial charge in [0, 0.05) is 28.4 Å². The first-order valence-electron chi connectivity index (χ1n) is 8.36. The molecule has 2 N–H and O–H groups in total. The molecule has 4 rings (SSSR count). The Bertz CT molecular complexity index is 779. The summed E-state index contributed by atoms with van der Waals surface area (Å²) in [7, 11) is 0. The largest absolute Gasteiger partial charge is 0.476 e. The second-order valence-electron chi connectivity index (χ2n) is 6.57. The molecule has 2 aromatic rings. The third-order valence-electron chi connectivity index (χ3n) is 5.15. The van der Waals surface area contributed by atoms with E-state index in [2.05, 4.69) is 17.2 Å². The normalized spacial score (nSPS) is 22.7. The molecule has 0 saturated heterocycles. The van der Waals surface area contributed by atoms with E-state index in [1.807, 2.05) is 16.8 Å². The minimum Gasteiger partial charge on any atom is -0.476 e. The molecular formula is C18H20N2O3S. The number of carboxylic acids is 1. The lowest BCUT2D eigenvalue weighted by Gasteiger charge is -2.29. The fourth-order valence-corrected chi connectivity index (χ4v) is 4.91. The molecule has 1 fully saturated rings. The summed E-state index contributed by atoms with van der Waals surface area (Å²) in [6.07, 6.45) is 3.81. The van der Waals surface area contributed by atoms with Gasteiger partial charge in [-0.15, -0.1) is 11.8 Å². The number of aromatic nitrogens is 2. The van der Waals surface area contributed by atoms with Crippen LogP contribution in [0.3, 0.4) is 0 Å². The predicted octanol–water partition coefficient (Wildman–Crippen LogP) is 3.58. The Morgan fingerprint density at radius 3 is 2.71 bits per heavy atom. The van der Waals surface area contributed by atoms with Crippen LogP contribution in [0, 0.1) is 5.92 Å².